The molecule has 0 N–H and O–H groups in total. The number of ether oxygens (including phenoxy) is 2. The number of benzene rings is 1. The maximum absolute atomic E-state index is 12.5. The summed E-state index contributed by atoms with van der Waals surface area (Å²) >= 11 is 0. The van der Waals surface area contributed by atoms with E-state index in [1.54, 1.807) is 6.20 Å². The van der Waals surface area contributed by atoms with Gasteiger partial charge in [0, 0.05) is 44.4 Å². The third-order valence-corrected chi connectivity index (χ3v) is 5.23. The van der Waals surface area contributed by atoms with Crippen molar-refractivity contribution in [2.75, 3.05) is 44.3 Å². The first-order chi connectivity index (χ1) is 15.7. The molecule has 3 heterocycles. The molecule has 4 rings (SSSR count). The van der Waals surface area contributed by atoms with Gasteiger partial charge in [0.05, 0.1) is 6.61 Å². The number of hydrogen-bond acceptors (Lipinski definition) is 8. The van der Waals surface area contributed by atoms with Gasteiger partial charge in [0.15, 0.2) is 6.61 Å². The van der Waals surface area contributed by atoms with Crippen LogP contribution in [0.5, 0.6) is 11.5 Å². The minimum atomic E-state index is -0.0225. The number of nitrogens with zero attached hydrogens (tertiary/aromatic N) is 5. The number of pyridine rings is 1. The standard InChI is InChI=1S/C23H27N5O4/c1-3-21-25-23(26-32-21)17-5-10-20(24-15-17)27-11-13-28(14-12-27)22(29)16-31-19-8-6-18(7-9-19)30-4-2/h5-10,15H,3-4,11-14,16H2,1-2H3. The Morgan fingerprint density at radius 2 is 1.72 bits per heavy atom. The first-order valence-corrected chi connectivity index (χ1v) is 10.8. The number of carbonyl (C=O) groups is 1. The van der Waals surface area contributed by atoms with Gasteiger partial charge < -0.3 is 23.8 Å². The fraction of sp³-hybridized carbons (Fsp3) is 0.391. The van der Waals surface area contributed by atoms with Crippen molar-refractivity contribution in [2.45, 2.75) is 20.3 Å². The normalized spacial score (nSPS) is 13.8. The molecule has 0 aliphatic carbocycles. The van der Waals surface area contributed by atoms with E-state index in [2.05, 4.69) is 20.0 Å². The molecule has 3 aromatic rings. The maximum atomic E-state index is 12.5. The van der Waals surface area contributed by atoms with Crippen molar-refractivity contribution in [1.29, 1.82) is 0 Å². The summed E-state index contributed by atoms with van der Waals surface area (Å²) in [7, 11) is 0. The molecule has 0 saturated carbocycles. The quantitative estimate of drug-likeness (QED) is 0.531. The minimum Gasteiger partial charge on any atom is -0.494 e. The summed E-state index contributed by atoms with van der Waals surface area (Å²) in [6, 6.07) is 11.2. The SMILES string of the molecule is CCOc1ccc(OCC(=O)N2CCN(c3ccc(-c4noc(CC)n4)cn3)CC2)cc1. The van der Waals surface area contributed by atoms with Gasteiger partial charge in [-0.05, 0) is 43.3 Å². The summed E-state index contributed by atoms with van der Waals surface area (Å²) in [6.07, 6.45) is 2.45. The zero-order valence-electron chi connectivity index (χ0n) is 18.4. The van der Waals surface area contributed by atoms with E-state index in [4.69, 9.17) is 14.0 Å². The molecule has 32 heavy (non-hydrogen) atoms. The van der Waals surface area contributed by atoms with E-state index >= 15 is 0 Å². The molecule has 1 aromatic carbocycles. The predicted octanol–water partition coefficient (Wildman–Crippen LogP) is 2.82. The Hall–Kier alpha value is -3.62. The second-order valence-electron chi connectivity index (χ2n) is 7.33. The van der Waals surface area contributed by atoms with E-state index < -0.39 is 0 Å². The number of amides is 1. The van der Waals surface area contributed by atoms with Gasteiger partial charge in [-0.3, -0.25) is 4.79 Å². The average molecular weight is 438 g/mol. The average Bonchev–Trinajstić information content (AvgIpc) is 3.33. The summed E-state index contributed by atoms with van der Waals surface area (Å²) in [6.45, 7) is 7.21. The highest BCUT2D eigenvalue weighted by atomic mass is 16.5. The third kappa shape index (κ3) is 5.16. The number of piperazine rings is 1. The summed E-state index contributed by atoms with van der Waals surface area (Å²) < 4.78 is 16.2. The number of aromatic nitrogens is 3. The Bertz CT molecular complexity index is 1010. The topological polar surface area (TPSA) is 93.8 Å². The molecule has 0 unspecified atom stereocenters. The van der Waals surface area contributed by atoms with E-state index in [0.29, 0.717) is 56.7 Å². The van der Waals surface area contributed by atoms with Gasteiger partial charge >= 0.3 is 0 Å². The lowest BCUT2D eigenvalue weighted by Crippen LogP contribution is -2.50. The molecule has 0 radical (unpaired) electrons. The summed E-state index contributed by atoms with van der Waals surface area (Å²) in [5, 5.41) is 3.98. The van der Waals surface area contributed by atoms with Crippen LogP contribution in [0.15, 0.2) is 47.1 Å². The van der Waals surface area contributed by atoms with Crippen molar-refractivity contribution >= 4 is 11.7 Å². The minimum absolute atomic E-state index is 0.0192. The van der Waals surface area contributed by atoms with E-state index in [0.717, 1.165) is 17.1 Å². The highest BCUT2D eigenvalue weighted by molar-refractivity contribution is 5.78. The molecule has 0 atom stereocenters. The van der Waals surface area contributed by atoms with Gasteiger partial charge in [-0.1, -0.05) is 12.1 Å². The first-order valence-electron chi connectivity index (χ1n) is 10.8. The van der Waals surface area contributed by atoms with Crippen molar-refractivity contribution < 1.29 is 18.8 Å². The largest absolute Gasteiger partial charge is 0.494 e. The van der Waals surface area contributed by atoms with Crippen LogP contribution in [0.2, 0.25) is 0 Å². The molecule has 0 bridgehead atoms. The van der Waals surface area contributed by atoms with Gasteiger partial charge in [-0.2, -0.15) is 4.98 Å². The maximum Gasteiger partial charge on any atom is 0.260 e. The molecular weight excluding hydrogens is 410 g/mol. The summed E-state index contributed by atoms with van der Waals surface area (Å²) in [4.78, 5) is 25.4. The van der Waals surface area contributed by atoms with Gasteiger partial charge in [0.25, 0.3) is 5.91 Å². The predicted molar refractivity (Wildman–Crippen MR) is 119 cm³/mol. The molecule has 1 saturated heterocycles. The van der Waals surface area contributed by atoms with Crippen LogP contribution in [0.1, 0.15) is 19.7 Å². The number of aryl methyl sites for hydroxylation is 1. The molecule has 0 spiro atoms. The van der Waals surface area contributed by atoms with Crippen LogP contribution in [0.25, 0.3) is 11.4 Å². The van der Waals surface area contributed by atoms with E-state index in [1.165, 1.54) is 0 Å². The van der Waals surface area contributed by atoms with Crippen LogP contribution in [0, 0.1) is 0 Å². The first kappa shape index (κ1) is 21.6. The van der Waals surface area contributed by atoms with Gasteiger partial charge in [-0.25, -0.2) is 4.98 Å². The molecule has 168 valence electrons. The van der Waals surface area contributed by atoms with Crippen LogP contribution in [-0.2, 0) is 11.2 Å². The van der Waals surface area contributed by atoms with Gasteiger partial charge in [0.2, 0.25) is 11.7 Å². The molecule has 1 aliphatic rings. The number of hydrogen-bond donors (Lipinski definition) is 0. The molecule has 1 amide bonds. The molecule has 1 aliphatic heterocycles. The highest BCUT2D eigenvalue weighted by Crippen LogP contribution is 2.20. The van der Waals surface area contributed by atoms with E-state index in [1.807, 2.05) is 55.1 Å². The van der Waals surface area contributed by atoms with Crippen LogP contribution >= 0.6 is 0 Å². The molecular formula is C23H27N5O4. The van der Waals surface area contributed by atoms with Crippen molar-refractivity contribution in [2.24, 2.45) is 0 Å². The van der Waals surface area contributed by atoms with Crippen molar-refractivity contribution in [3.8, 4) is 22.9 Å². The second kappa shape index (κ2) is 10.1. The lowest BCUT2D eigenvalue weighted by molar-refractivity contribution is -0.133. The van der Waals surface area contributed by atoms with Crippen LogP contribution in [0.3, 0.4) is 0 Å². The molecule has 2 aromatic heterocycles. The van der Waals surface area contributed by atoms with Gasteiger partial charge in [0.1, 0.15) is 17.3 Å². The summed E-state index contributed by atoms with van der Waals surface area (Å²) in [5.74, 6) is 3.43. The lowest BCUT2D eigenvalue weighted by atomic mass is 10.2. The number of rotatable bonds is 8. The van der Waals surface area contributed by atoms with Crippen LogP contribution in [-0.4, -0.2) is 65.3 Å². The second-order valence-corrected chi connectivity index (χ2v) is 7.33. The zero-order valence-corrected chi connectivity index (χ0v) is 18.4. The van der Waals surface area contributed by atoms with E-state index in [9.17, 15) is 4.79 Å². The number of anilines is 1. The number of carbonyl (C=O) groups excluding carboxylic acids is 1. The Morgan fingerprint density at radius 3 is 2.31 bits per heavy atom. The smallest absolute Gasteiger partial charge is 0.260 e. The highest BCUT2D eigenvalue weighted by Gasteiger charge is 2.22. The van der Waals surface area contributed by atoms with E-state index in [-0.39, 0.29) is 12.5 Å². The zero-order chi connectivity index (χ0) is 22.3. The monoisotopic (exact) mass is 437 g/mol. The Kier molecular flexibility index (Phi) is 6.84. The summed E-state index contributed by atoms with van der Waals surface area (Å²) in [5.41, 5.74) is 0.817. The fourth-order valence-corrected chi connectivity index (χ4v) is 3.44. The third-order valence-electron chi connectivity index (χ3n) is 5.23. The Morgan fingerprint density at radius 1 is 1.00 bits per heavy atom. The Labute approximate surface area is 187 Å². The molecule has 9 nitrogen and oxygen atoms in total. The van der Waals surface area contributed by atoms with Crippen molar-refractivity contribution in [1.82, 2.24) is 20.0 Å². The van der Waals surface area contributed by atoms with Gasteiger partial charge in [-0.15, -0.1) is 0 Å². The molecule has 9 heteroatoms. The van der Waals surface area contributed by atoms with Crippen molar-refractivity contribution in [3.05, 3.63) is 48.5 Å². The van der Waals surface area contributed by atoms with Crippen LogP contribution < -0.4 is 14.4 Å². The Balaban J connectivity index is 1.25. The van der Waals surface area contributed by atoms with Crippen molar-refractivity contribution in [3.63, 3.8) is 0 Å². The molecule has 1 fully saturated rings. The lowest BCUT2D eigenvalue weighted by Gasteiger charge is -2.35. The fourth-order valence-electron chi connectivity index (χ4n) is 3.44. The van der Waals surface area contributed by atoms with Crippen LogP contribution in [0.4, 0.5) is 5.82 Å².